The minimum atomic E-state index is -1.09. The van der Waals surface area contributed by atoms with Gasteiger partial charge in [0, 0.05) is 30.9 Å². The number of hydrogen-bond acceptors (Lipinski definition) is 3. The van der Waals surface area contributed by atoms with E-state index in [0.29, 0.717) is 12.5 Å². The van der Waals surface area contributed by atoms with E-state index in [9.17, 15) is 4.79 Å². The van der Waals surface area contributed by atoms with Gasteiger partial charge in [0.25, 0.3) is 0 Å². The fourth-order valence-corrected chi connectivity index (χ4v) is 7.06. The maximum Gasteiger partial charge on any atom is 0.164 e. The van der Waals surface area contributed by atoms with E-state index < -0.39 is 8.07 Å². The number of fused-ring (bicyclic) bond motifs is 5. The molecule has 4 rings (SSSR count). The number of ketones is 1. The zero-order chi connectivity index (χ0) is 23.3. The summed E-state index contributed by atoms with van der Waals surface area (Å²) < 4.78 is 7.98. The summed E-state index contributed by atoms with van der Waals surface area (Å²) in [6.07, 6.45) is 7.07. The molecule has 32 heavy (non-hydrogen) atoms. The van der Waals surface area contributed by atoms with Crippen LogP contribution in [-0.2, 0) is 22.7 Å². The van der Waals surface area contributed by atoms with Crippen LogP contribution in [0.4, 0.5) is 0 Å². The highest BCUT2D eigenvalue weighted by molar-refractivity contribution is 6.76. The molecule has 1 aromatic heterocycles. The van der Waals surface area contributed by atoms with Crippen molar-refractivity contribution in [1.29, 1.82) is 0 Å². The van der Waals surface area contributed by atoms with Crippen molar-refractivity contribution in [3.8, 4) is 0 Å². The van der Waals surface area contributed by atoms with Gasteiger partial charge in [0.1, 0.15) is 6.73 Å². The highest BCUT2D eigenvalue weighted by Crippen LogP contribution is 2.61. The summed E-state index contributed by atoms with van der Waals surface area (Å²) in [5, 5.41) is 5.91. The largest absolute Gasteiger partial charge is 0.360 e. The van der Waals surface area contributed by atoms with E-state index in [1.807, 2.05) is 10.9 Å². The standard InChI is InChI=1S/C27H40N2O2Si/c1-8-12-26(4)17-27(9-2)15-21-20(24(27)19(3)25(26)30)10-11-23-22(21)16-28-29(23)18-31-13-14-32(5,6)7/h10-11,16H,8-9,12-15,17-18H2,1-7H3/t26-,27+/m0/s1. The number of benzene rings is 1. The summed E-state index contributed by atoms with van der Waals surface area (Å²) in [6, 6.07) is 5.59. The molecule has 1 aromatic carbocycles. The summed E-state index contributed by atoms with van der Waals surface area (Å²) in [5.74, 6) is 0.359. The van der Waals surface area contributed by atoms with E-state index in [1.165, 1.54) is 28.1 Å². The van der Waals surface area contributed by atoms with E-state index in [-0.39, 0.29) is 10.8 Å². The molecular weight excluding hydrogens is 412 g/mol. The quantitative estimate of drug-likeness (QED) is 0.325. The topological polar surface area (TPSA) is 44.1 Å². The lowest BCUT2D eigenvalue weighted by Crippen LogP contribution is -2.41. The van der Waals surface area contributed by atoms with Gasteiger partial charge in [-0.25, -0.2) is 4.68 Å². The first-order valence-corrected chi connectivity index (χ1v) is 16.1. The number of carbonyl (C=O) groups excluding carboxylic acids is 1. The molecule has 0 bridgehead atoms. The number of aromatic nitrogens is 2. The van der Waals surface area contributed by atoms with Gasteiger partial charge in [-0.3, -0.25) is 4.79 Å². The average Bonchev–Trinajstić information content (AvgIpc) is 3.28. The maximum atomic E-state index is 13.4. The summed E-state index contributed by atoms with van der Waals surface area (Å²) in [5.41, 5.74) is 5.93. The van der Waals surface area contributed by atoms with Gasteiger partial charge in [0.15, 0.2) is 5.78 Å². The fraction of sp³-hybridized carbons (Fsp3) is 0.630. The molecule has 4 nitrogen and oxygen atoms in total. The number of carbonyl (C=O) groups is 1. The highest BCUT2D eigenvalue weighted by Gasteiger charge is 2.53. The molecule has 0 amide bonds. The van der Waals surface area contributed by atoms with Crippen molar-refractivity contribution in [2.45, 2.75) is 92.2 Å². The van der Waals surface area contributed by atoms with E-state index in [4.69, 9.17) is 4.74 Å². The molecule has 2 aliphatic rings. The van der Waals surface area contributed by atoms with E-state index in [2.05, 4.69) is 64.6 Å². The Bertz CT molecular complexity index is 1080. The average molecular weight is 453 g/mol. The van der Waals surface area contributed by atoms with Crippen LogP contribution in [0.2, 0.25) is 25.7 Å². The first kappa shape index (κ1) is 23.4. The van der Waals surface area contributed by atoms with Crippen molar-refractivity contribution < 1.29 is 9.53 Å². The third-order valence-electron chi connectivity index (χ3n) is 7.93. The molecule has 0 saturated carbocycles. The molecule has 2 atom stereocenters. The summed E-state index contributed by atoms with van der Waals surface area (Å²) in [7, 11) is -1.09. The van der Waals surface area contributed by atoms with Crippen LogP contribution in [-0.4, -0.2) is 30.2 Å². The predicted octanol–water partition coefficient (Wildman–Crippen LogP) is 6.85. The van der Waals surface area contributed by atoms with Crippen LogP contribution in [0.25, 0.3) is 16.5 Å². The van der Waals surface area contributed by atoms with Crippen molar-refractivity contribution in [3.63, 3.8) is 0 Å². The maximum absolute atomic E-state index is 13.4. The molecule has 2 aromatic rings. The summed E-state index contributed by atoms with van der Waals surface area (Å²) in [6.45, 7) is 17.2. The van der Waals surface area contributed by atoms with Crippen LogP contribution in [0.1, 0.15) is 64.5 Å². The van der Waals surface area contributed by atoms with Gasteiger partial charge < -0.3 is 4.74 Å². The van der Waals surface area contributed by atoms with Crippen molar-refractivity contribution in [3.05, 3.63) is 35.0 Å². The number of rotatable bonds is 8. The number of allylic oxidation sites excluding steroid dienone is 2. The van der Waals surface area contributed by atoms with Gasteiger partial charge in [0.2, 0.25) is 0 Å². The van der Waals surface area contributed by atoms with Crippen molar-refractivity contribution in [1.82, 2.24) is 9.78 Å². The minimum Gasteiger partial charge on any atom is -0.360 e. The molecule has 0 fully saturated rings. The van der Waals surface area contributed by atoms with Crippen LogP contribution in [0, 0.1) is 10.8 Å². The molecule has 1 heterocycles. The van der Waals surface area contributed by atoms with Crippen LogP contribution in [0.5, 0.6) is 0 Å². The monoisotopic (exact) mass is 452 g/mol. The molecule has 5 heteroatoms. The Morgan fingerprint density at radius 2 is 1.97 bits per heavy atom. The van der Waals surface area contributed by atoms with Gasteiger partial charge in [0.05, 0.1) is 11.7 Å². The lowest BCUT2D eigenvalue weighted by atomic mass is 9.58. The van der Waals surface area contributed by atoms with Gasteiger partial charge in [-0.15, -0.1) is 0 Å². The van der Waals surface area contributed by atoms with Crippen molar-refractivity contribution >= 4 is 30.3 Å². The van der Waals surface area contributed by atoms with E-state index in [0.717, 1.165) is 49.8 Å². The lowest BCUT2D eigenvalue weighted by molar-refractivity contribution is -0.126. The zero-order valence-corrected chi connectivity index (χ0v) is 22.1. The second-order valence-corrected chi connectivity index (χ2v) is 17.3. The second kappa shape index (κ2) is 8.25. The minimum absolute atomic E-state index is 0.0640. The van der Waals surface area contributed by atoms with Gasteiger partial charge in [-0.05, 0) is 67.0 Å². The molecule has 0 aliphatic heterocycles. The summed E-state index contributed by atoms with van der Waals surface area (Å²) >= 11 is 0. The van der Waals surface area contributed by atoms with Gasteiger partial charge >= 0.3 is 0 Å². The smallest absolute Gasteiger partial charge is 0.164 e. The Labute approximate surface area is 194 Å². The molecule has 0 radical (unpaired) electrons. The van der Waals surface area contributed by atoms with Crippen LogP contribution in [0.15, 0.2) is 23.9 Å². The van der Waals surface area contributed by atoms with Gasteiger partial charge in [-0.2, -0.15) is 5.10 Å². The third kappa shape index (κ3) is 3.81. The first-order valence-electron chi connectivity index (χ1n) is 12.4. The number of ether oxygens (including phenoxy) is 1. The Morgan fingerprint density at radius 3 is 2.62 bits per heavy atom. The molecule has 0 saturated heterocycles. The van der Waals surface area contributed by atoms with Crippen molar-refractivity contribution in [2.24, 2.45) is 10.8 Å². The molecule has 0 N–H and O–H groups in total. The van der Waals surface area contributed by atoms with Crippen LogP contribution < -0.4 is 0 Å². The predicted molar refractivity (Wildman–Crippen MR) is 135 cm³/mol. The Hall–Kier alpha value is -1.72. The molecule has 0 unspecified atom stereocenters. The number of hydrogen-bond donors (Lipinski definition) is 0. The molecular formula is C27H40N2O2Si. The molecule has 0 spiro atoms. The number of nitrogens with zero attached hydrogens (tertiary/aromatic N) is 2. The van der Waals surface area contributed by atoms with E-state index >= 15 is 0 Å². The SMILES string of the molecule is CCC[C@@]1(C)C[C@@]2(CC)Cc3c(ccc4c3cnn4COCC[Si](C)(C)C)C2=C(C)C1=O. The van der Waals surface area contributed by atoms with Crippen LogP contribution in [0.3, 0.4) is 0 Å². The Kier molecular flexibility index (Phi) is 6.04. The van der Waals surface area contributed by atoms with Crippen molar-refractivity contribution in [2.75, 3.05) is 6.61 Å². The first-order chi connectivity index (χ1) is 15.1. The zero-order valence-electron chi connectivity index (χ0n) is 21.1. The number of Topliss-reactive ketones (excluding diaryl/α,β-unsaturated/α-hetero) is 1. The fourth-order valence-electron chi connectivity index (χ4n) is 6.30. The lowest BCUT2D eigenvalue weighted by Gasteiger charge is -2.44. The summed E-state index contributed by atoms with van der Waals surface area (Å²) in [4.78, 5) is 13.4. The normalized spacial score (nSPS) is 25.5. The molecule has 174 valence electrons. The Balaban J connectivity index is 1.69. The second-order valence-electron chi connectivity index (χ2n) is 11.6. The molecule has 2 aliphatic carbocycles. The van der Waals surface area contributed by atoms with Gasteiger partial charge in [-0.1, -0.05) is 52.9 Å². The highest BCUT2D eigenvalue weighted by atomic mass is 28.3. The van der Waals surface area contributed by atoms with Crippen LogP contribution >= 0.6 is 0 Å². The van der Waals surface area contributed by atoms with E-state index in [1.54, 1.807) is 0 Å². The third-order valence-corrected chi connectivity index (χ3v) is 9.64. The Morgan fingerprint density at radius 1 is 1.22 bits per heavy atom.